The average molecular weight is 247 g/mol. The van der Waals surface area contributed by atoms with Crippen LogP contribution in [0.15, 0.2) is 42.1 Å². The lowest BCUT2D eigenvalue weighted by Gasteiger charge is -2.26. The van der Waals surface area contributed by atoms with Crippen molar-refractivity contribution >= 4 is 11.9 Å². The molecule has 2 rings (SSSR count). The molecule has 0 unspecified atom stereocenters. The number of nitrogens with one attached hydrogen (secondary N) is 1. The highest BCUT2D eigenvalue weighted by Gasteiger charge is 2.25. The Hall–Kier alpha value is -2.30. The molecule has 1 saturated heterocycles. The van der Waals surface area contributed by atoms with E-state index in [0.717, 1.165) is 11.6 Å². The van der Waals surface area contributed by atoms with Crippen molar-refractivity contribution in [2.24, 2.45) is 0 Å². The number of carbonyl (C=O) groups is 2. The Bertz CT molecular complexity index is 481. The van der Waals surface area contributed by atoms with E-state index in [2.05, 4.69) is 10.1 Å². The maximum atomic E-state index is 11.5. The zero-order chi connectivity index (χ0) is 13.0. The van der Waals surface area contributed by atoms with Crippen molar-refractivity contribution < 1.29 is 19.1 Å². The summed E-state index contributed by atoms with van der Waals surface area (Å²) in [4.78, 5) is 22.6. The molecule has 1 aliphatic rings. The third-order valence-corrected chi connectivity index (χ3v) is 2.60. The van der Waals surface area contributed by atoms with Crippen LogP contribution in [0.1, 0.15) is 11.6 Å². The Morgan fingerprint density at radius 3 is 2.83 bits per heavy atom. The second-order valence-electron chi connectivity index (χ2n) is 3.79. The van der Waals surface area contributed by atoms with E-state index in [4.69, 9.17) is 4.74 Å². The summed E-state index contributed by atoms with van der Waals surface area (Å²) in [6.07, 6.45) is 1.09. The summed E-state index contributed by atoms with van der Waals surface area (Å²) < 4.78 is 9.50. The van der Waals surface area contributed by atoms with Gasteiger partial charge in [-0.3, -0.25) is 0 Å². The van der Waals surface area contributed by atoms with E-state index >= 15 is 0 Å². The summed E-state index contributed by atoms with van der Waals surface area (Å²) in [7, 11) is 1.25. The number of carbonyl (C=O) groups excluding carboxylic acids is 2. The molecule has 1 aliphatic heterocycles. The highest BCUT2D eigenvalue weighted by Crippen LogP contribution is 2.19. The molecule has 1 N–H and O–H groups in total. The molecule has 0 radical (unpaired) electrons. The van der Waals surface area contributed by atoms with Gasteiger partial charge in [-0.2, -0.15) is 0 Å². The first-order valence-electron chi connectivity index (χ1n) is 5.49. The van der Waals surface area contributed by atoms with Crippen molar-refractivity contribution in [1.29, 1.82) is 0 Å². The van der Waals surface area contributed by atoms with Crippen LogP contribution in [0.4, 0.5) is 0 Å². The number of benzene rings is 1. The molecule has 0 aromatic heterocycles. The molecule has 0 aliphatic carbocycles. The van der Waals surface area contributed by atoms with Crippen molar-refractivity contribution in [3.8, 4) is 0 Å². The third-order valence-electron chi connectivity index (χ3n) is 2.60. The second-order valence-corrected chi connectivity index (χ2v) is 3.79. The Morgan fingerprint density at radius 1 is 1.44 bits per heavy atom. The summed E-state index contributed by atoms with van der Waals surface area (Å²) in [6.45, 7) is 0.237. The van der Waals surface area contributed by atoms with Crippen LogP contribution in [0.25, 0.3) is 0 Å². The minimum absolute atomic E-state index is 0.113. The van der Waals surface area contributed by atoms with Gasteiger partial charge >= 0.3 is 11.9 Å². The van der Waals surface area contributed by atoms with E-state index in [-0.39, 0.29) is 18.3 Å². The van der Waals surface area contributed by atoms with E-state index in [9.17, 15) is 9.59 Å². The summed E-state index contributed by atoms with van der Waals surface area (Å²) >= 11 is 0. The molecule has 1 atom stereocenters. The quantitative estimate of drug-likeness (QED) is 0.622. The predicted molar refractivity (Wildman–Crippen MR) is 63.4 cm³/mol. The SMILES string of the molecule is COC(=O)/C=C1\N[C@@H](c2ccccc2)COC1=O. The van der Waals surface area contributed by atoms with E-state index in [1.165, 1.54) is 7.11 Å². The normalized spacial score (nSPS) is 21.1. The van der Waals surface area contributed by atoms with Crippen LogP contribution in [0, 0.1) is 0 Å². The maximum absolute atomic E-state index is 11.5. The van der Waals surface area contributed by atoms with Gasteiger partial charge in [-0.15, -0.1) is 0 Å². The Balaban J connectivity index is 2.17. The van der Waals surface area contributed by atoms with Gasteiger partial charge in [0.25, 0.3) is 0 Å². The molecule has 1 aromatic rings. The van der Waals surface area contributed by atoms with Gasteiger partial charge in [0.2, 0.25) is 0 Å². The molecule has 94 valence electrons. The largest absolute Gasteiger partial charge is 0.466 e. The van der Waals surface area contributed by atoms with E-state index < -0.39 is 11.9 Å². The first-order chi connectivity index (χ1) is 8.70. The minimum atomic E-state index is -0.594. The van der Waals surface area contributed by atoms with Gasteiger partial charge in [0.15, 0.2) is 0 Å². The van der Waals surface area contributed by atoms with Crippen molar-refractivity contribution in [3.63, 3.8) is 0 Å². The number of morpholine rings is 1. The molecule has 18 heavy (non-hydrogen) atoms. The number of hydrogen-bond acceptors (Lipinski definition) is 5. The van der Waals surface area contributed by atoms with Crippen LogP contribution < -0.4 is 5.32 Å². The Morgan fingerprint density at radius 2 is 2.17 bits per heavy atom. The topological polar surface area (TPSA) is 64.6 Å². The summed E-state index contributed by atoms with van der Waals surface area (Å²) in [5.74, 6) is -1.14. The molecule has 1 aromatic carbocycles. The molecule has 5 heteroatoms. The fraction of sp³-hybridized carbons (Fsp3) is 0.231. The second kappa shape index (κ2) is 5.35. The van der Waals surface area contributed by atoms with Gasteiger partial charge in [0.1, 0.15) is 12.3 Å². The highest BCUT2D eigenvalue weighted by atomic mass is 16.5. The van der Waals surface area contributed by atoms with E-state index in [1.54, 1.807) is 0 Å². The van der Waals surface area contributed by atoms with E-state index in [0.29, 0.717) is 0 Å². The summed E-state index contributed by atoms with van der Waals surface area (Å²) in [5.41, 5.74) is 1.10. The monoisotopic (exact) mass is 247 g/mol. The maximum Gasteiger partial charge on any atom is 0.354 e. The molecule has 1 fully saturated rings. The average Bonchev–Trinajstić information content (AvgIpc) is 2.42. The van der Waals surface area contributed by atoms with Crippen LogP contribution in [0.3, 0.4) is 0 Å². The highest BCUT2D eigenvalue weighted by molar-refractivity contribution is 5.96. The van der Waals surface area contributed by atoms with Gasteiger partial charge in [-0.25, -0.2) is 9.59 Å². The number of methoxy groups -OCH3 is 1. The zero-order valence-electron chi connectivity index (χ0n) is 9.88. The molecule has 0 spiro atoms. The van der Waals surface area contributed by atoms with Crippen LogP contribution in [0.2, 0.25) is 0 Å². The van der Waals surface area contributed by atoms with Crippen LogP contribution >= 0.6 is 0 Å². The molecule has 1 heterocycles. The fourth-order valence-electron chi connectivity index (χ4n) is 1.67. The number of ether oxygens (including phenoxy) is 2. The fourth-order valence-corrected chi connectivity index (χ4v) is 1.67. The van der Waals surface area contributed by atoms with Gasteiger partial charge in [-0.05, 0) is 5.56 Å². The van der Waals surface area contributed by atoms with Gasteiger partial charge in [-0.1, -0.05) is 30.3 Å². The minimum Gasteiger partial charge on any atom is -0.466 e. The summed E-state index contributed by atoms with van der Waals surface area (Å²) in [6, 6.07) is 9.40. The van der Waals surface area contributed by atoms with Gasteiger partial charge in [0, 0.05) is 0 Å². The lowest BCUT2D eigenvalue weighted by atomic mass is 10.1. The van der Waals surface area contributed by atoms with Crippen LogP contribution in [-0.2, 0) is 19.1 Å². The van der Waals surface area contributed by atoms with Crippen molar-refractivity contribution in [1.82, 2.24) is 5.32 Å². The Kier molecular flexibility index (Phi) is 3.62. The molecule has 0 saturated carbocycles. The molecule has 0 bridgehead atoms. The number of esters is 2. The molecular formula is C13H13NO4. The summed E-state index contributed by atoms with van der Waals surface area (Å²) in [5, 5.41) is 2.97. The third kappa shape index (κ3) is 2.68. The van der Waals surface area contributed by atoms with Gasteiger partial charge in [0.05, 0.1) is 19.2 Å². The number of hydrogen-bond donors (Lipinski definition) is 1. The van der Waals surface area contributed by atoms with Gasteiger partial charge < -0.3 is 14.8 Å². The molecular weight excluding hydrogens is 234 g/mol. The molecule has 5 nitrogen and oxygen atoms in total. The lowest BCUT2D eigenvalue weighted by molar-refractivity contribution is -0.144. The lowest BCUT2D eigenvalue weighted by Crippen LogP contribution is -2.36. The standard InChI is InChI=1S/C13H13NO4/c1-17-12(15)7-10-13(16)18-8-11(14-10)9-5-3-2-4-6-9/h2-7,11,14H,8H2,1H3/b10-7-/t11-/m1/s1. The Labute approximate surface area is 104 Å². The van der Waals surface area contributed by atoms with Crippen molar-refractivity contribution in [2.45, 2.75) is 6.04 Å². The van der Waals surface area contributed by atoms with E-state index in [1.807, 2.05) is 30.3 Å². The van der Waals surface area contributed by atoms with Crippen LogP contribution in [0.5, 0.6) is 0 Å². The number of rotatable bonds is 2. The van der Waals surface area contributed by atoms with Crippen molar-refractivity contribution in [3.05, 3.63) is 47.7 Å². The van der Waals surface area contributed by atoms with Crippen molar-refractivity contribution in [2.75, 3.05) is 13.7 Å². The first-order valence-corrected chi connectivity index (χ1v) is 5.49. The zero-order valence-corrected chi connectivity index (χ0v) is 9.88. The predicted octanol–water partition coefficient (Wildman–Crippen LogP) is 0.931. The number of cyclic esters (lactones) is 1. The van der Waals surface area contributed by atoms with Crippen LogP contribution in [-0.4, -0.2) is 25.7 Å². The molecule has 0 amide bonds. The smallest absolute Gasteiger partial charge is 0.354 e. The first kappa shape index (κ1) is 12.2.